The van der Waals surface area contributed by atoms with Gasteiger partial charge in [-0.25, -0.2) is 13.2 Å². The van der Waals surface area contributed by atoms with Crippen molar-refractivity contribution < 1.29 is 31.1 Å². The van der Waals surface area contributed by atoms with Crippen molar-refractivity contribution in [2.75, 3.05) is 7.11 Å². The maximum atomic E-state index is 12.3. The number of alkyl halides is 6. The van der Waals surface area contributed by atoms with E-state index in [-0.39, 0.29) is 0 Å². The van der Waals surface area contributed by atoms with Gasteiger partial charge in [-0.3, -0.25) is 0 Å². The van der Waals surface area contributed by atoms with Crippen LogP contribution in [0.4, 0.5) is 26.3 Å². The molecule has 0 aromatic rings. The van der Waals surface area contributed by atoms with Gasteiger partial charge < -0.3 is 4.74 Å². The summed E-state index contributed by atoms with van der Waals surface area (Å²) in [5.41, 5.74) is 0. The van der Waals surface area contributed by atoms with Gasteiger partial charge in [0.15, 0.2) is 6.17 Å². The van der Waals surface area contributed by atoms with Crippen LogP contribution in [0.2, 0.25) is 0 Å². The molecule has 0 saturated carbocycles. The zero-order chi connectivity index (χ0) is 10.6. The van der Waals surface area contributed by atoms with E-state index in [2.05, 4.69) is 4.74 Å². The molecule has 7 heteroatoms. The highest BCUT2D eigenvalue weighted by Crippen LogP contribution is 2.26. The highest BCUT2D eigenvalue weighted by molar-refractivity contribution is 4.74. The van der Waals surface area contributed by atoms with Gasteiger partial charge in [0.25, 0.3) is 6.43 Å². The summed E-state index contributed by atoms with van der Waals surface area (Å²) in [7, 11) is 0.755. The smallest absolute Gasteiger partial charge is 0.378 e. The normalized spacial score (nSPS) is 17.5. The van der Waals surface area contributed by atoms with E-state index >= 15 is 0 Å². The first-order valence-electron chi connectivity index (χ1n) is 3.29. The SMILES string of the molecule is COC(CC(F)(F)F)C(F)C(F)F. The largest absolute Gasteiger partial charge is 0.391 e. The van der Waals surface area contributed by atoms with Crippen molar-refractivity contribution in [1.82, 2.24) is 0 Å². The Hall–Kier alpha value is -0.460. The lowest BCUT2D eigenvalue weighted by Gasteiger charge is -2.20. The second-order valence-corrected chi connectivity index (χ2v) is 2.37. The first kappa shape index (κ1) is 12.5. The van der Waals surface area contributed by atoms with E-state index < -0.39 is 31.3 Å². The Morgan fingerprint density at radius 2 is 1.62 bits per heavy atom. The summed E-state index contributed by atoms with van der Waals surface area (Å²) in [6.45, 7) is 0. The Morgan fingerprint density at radius 1 is 1.15 bits per heavy atom. The molecule has 0 saturated heterocycles. The van der Waals surface area contributed by atoms with E-state index in [0.29, 0.717) is 0 Å². The lowest BCUT2D eigenvalue weighted by Crippen LogP contribution is -2.34. The van der Waals surface area contributed by atoms with Gasteiger partial charge in [0.2, 0.25) is 0 Å². The third-order valence-electron chi connectivity index (χ3n) is 1.33. The molecule has 0 spiro atoms. The van der Waals surface area contributed by atoms with Crippen molar-refractivity contribution in [2.24, 2.45) is 0 Å². The molecule has 0 amide bonds. The summed E-state index contributed by atoms with van der Waals surface area (Å²) in [6.07, 6.45) is -14.9. The van der Waals surface area contributed by atoms with Gasteiger partial charge in [0.05, 0.1) is 6.42 Å². The first-order valence-corrected chi connectivity index (χ1v) is 3.29. The maximum Gasteiger partial charge on any atom is 0.391 e. The van der Waals surface area contributed by atoms with Gasteiger partial charge in [-0.05, 0) is 0 Å². The van der Waals surface area contributed by atoms with Crippen molar-refractivity contribution in [3.8, 4) is 0 Å². The summed E-state index contributed by atoms with van der Waals surface area (Å²) in [6, 6.07) is 0. The van der Waals surface area contributed by atoms with Crippen LogP contribution in [0.1, 0.15) is 6.42 Å². The maximum absolute atomic E-state index is 12.3. The molecule has 0 aromatic heterocycles. The van der Waals surface area contributed by atoms with Crippen molar-refractivity contribution in [3.63, 3.8) is 0 Å². The summed E-state index contributed by atoms with van der Waals surface area (Å²) < 4.78 is 74.4. The first-order chi connectivity index (χ1) is 5.78. The van der Waals surface area contributed by atoms with Crippen molar-refractivity contribution in [3.05, 3.63) is 0 Å². The van der Waals surface area contributed by atoms with Crippen LogP contribution in [0.5, 0.6) is 0 Å². The van der Waals surface area contributed by atoms with Crippen molar-refractivity contribution in [1.29, 1.82) is 0 Å². The molecule has 0 rings (SSSR count). The summed E-state index contributed by atoms with van der Waals surface area (Å²) in [5.74, 6) is 0. The number of rotatable bonds is 4. The van der Waals surface area contributed by atoms with E-state index in [9.17, 15) is 26.3 Å². The Balaban J connectivity index is 4.18. The molecule has 0 bridgehead atoms. The van der Waals surface area contributed by atoms with Crippen LogP contribution in [0.3, 0.4) is 0 Å². The molecule has 0 heterocycles. The van der Waals surface area contributed by atoms with Gasteiger partial charge in [-0.15, -0.1) is 0 Å². The van der Waals surface area contributed by atoms with Crippen LogP contribution in [0, 0.1) is 0 Å². The fourth-order valence-corrected chi connectivity index (χ4v) is 0.716. The molecule has 0 aliphatic rings. The van der Waals surface area contributed by atoms with Gasteiger partial charge in [0, 0.05) is 7.11 Å². The monoisotopic (exact) mass is 210 g/mol. The zero-order valence-electron chi connectivity index (χ0n) is 6.62. The molecule has 0 aliphatic carbocycles. The minimum absolute atomic E-state index is 0.755. The molecule has 2 atom stereocenters. The minimum Gasteiger partial charge on any atom is -0.378 e. The molecule has 13 heavy (non-hydrogen) atoms. The standard InChI is InChI=1S/C6H8F6O/c1-13-3(2-6(10,11)12)4(7)5(8)9/h3-5H,2H2,1H3. The highest BCUT2D eigenvalue weighted by Gasteiger charge is 2.39. The van der Waals surface area contributed by atoms with Crippen molar-refractivity contribution >= 4 is 0 Å². The molecule has 0 aromatic carbocycles. The average molecular weight is 210 g/mol. The van der Waals surface area contributed by atoms with E-state index in [4.69, 9.17) is 0 Å². The molecule has 80 valence electrons. The Labute approximate surface area is 70.7 Å². The number of ether oxygens (including phenoxy) is 1. The van der Waals surface area contributed by atoms with Gasteiger partial charge in [-0.2, -0.15) is 13.2 Å². The van der Waals surface area contributed by atoms with Crippen LogP contribution in [0.25, 0.3) is 0 Å². The van der Waals surface area contributed by atoms with E-state index in [1.54, 1.807) is 0 Å². The highest BCUT2D eigenvalue weighted by atomic mass is 19.4. The fourth-order valence-electron chi connectivity index (χ4n) is 0.716. The fraction of sp³-hybridized carbons (Fsp3) is 1.00. The van der Waals surface area contributed by atoms with Gasteiger partial charge >= 0.3 is 6.18 Å². The molecule has 0 aliphatic heterocycles. The molecule has 1 nitrogen and oxygen atoms in total. The number of hydrogen-bond acceptors (Lipinski definition) is 1. The van der Waals surface area contributed by atoms with E-state index in [1.165, 1.54) is 0 Å². The third kappa shape index (κ3) is 4.97. The zero-order valence-corrected chi connectivity index (χ0v) is 6.62. The quantitative estimate of drug-likeness (QED) is 0.648. The Kier molecular flexibility index (Phi) is 4.52. The minimum atomic E-state index is -4.71. The summed E-state index contributed by atoms with van der Waals surface area (Å²) in [5, 5.41) is 0. The van der Waals surface area contributed by atoms with Crippen LogP contribution < -0.4 is 0 Å². The van der Waals surface area contributed by atoms with E-state index in [1.807, 2.05) is 0 Å². The second-order valence-electron chi connectivity index (χ2n) is 2.37. The average Bonchev–Trinajstić information content (AvgIpc) is 1.97. The molecule has 0 fully saturated rings. The predicted octanol–water partition coefficient (Wildman–Crippen LogP) is 2.56. The lowest BCUT2D eigenvalue weighted by molar-refractivity contribution is -0.173. The van der Waals surface area contributed by atoms with Gasteiger partial charge in [0.1, 0.15) is 6.10 Å². The molecule has 0 N–H and O–H groups in total. The number of halogens is 6. The predicted molar refractivity (Wildman–Crippen MR) is 32.4 cm³/mol. The Bertz CT molecular complexity index is 145. The van der Waals surface area contributed by atoms with Crippen LogP contribution >= 0.6 is 0 Å². The second kappa shape index (κ2) is 4.69. The number of hydrogen-bond donors (Lipinski definition) is 0. The van der Waals surface area contributed by atoms with E-state index in [0.717, 1.165) is 7.11 Å². The Morgan fingerprint density at radius 3 is 1.85 bits per heavy atom. The molecule has 0 radical (unpaired) electrons. The van der Waals surface area contributed by atoms with Crippen LogP contribution in [-0.4, -0.2) is 32.0 Å². The number of methoxy groups -OCH3 is 1. The lowest BCUT2D eigenvalue weighted by atomic mass is 10.1. The topological polar surface area (TPSA) is 9.23 Å². The summed E-state index contributed by atoms with van der Waals surface area (Å²) >= 11 is 0. The van der Waals surface area contributed by atoms with Crippen LogP contribution in [-0.2, 0) is 4.74 Å². The van der Waals surface area contributed by atoms with Crippen LogP contribution in [0.15, 0.2) is 0 Å². The molecular formula is C6H8F6O. The summed E-state index contributed by atoms with van der Waals surface area (Å²) in [4.78, 5) is 0. The van der Waals surface area contributed by atoms with Crippen molar-refractivity contribution in [2.45, 2.75) is 31.3 Å². The van der Waals surface area contributed by atoms with Gasteiger partial charge in [-0.1, -0.05) is 0 Å². The molecular weight excluding hydrogens is 202 g/mol. The molecule has 2 unspecified atom stereocenters. The third-order valence-corrected chi connectivity index (χ3v) is 1.33.